The topological polar surface area (TPSA) is 46.3 Å². The summed E-state index contributed by atoms with van der Waals surface area (Å²) in [7, 11) is 0. The maximum atomic E-state index is 12.3. The zero-order valence-electron chi connectivity index (χ0n) is 11.8. The molecule has 0 aromatic carbocycles. The summed E-state index contributed by atoms with van der Waals surface area (Å²) < 4.78 is 0. The minimum atomic E-state index is -0.405. The Balaban J connectivity index is 2.60. The SMILES string of the molecule is CC(C)C1CCCN(C(=O)C(C)(C)CN)CC1. The van der Waals surface area contributed by atoms with Crippen LogP contribution in [0.25, 0.3) is 0 Å². The molecule has 0 spiro atoms. The molecule has 100 valence electrons. The Morgan fingerprint density at radius 3 is 2.53 bits per heavy atom. The van der Waals surface area contributed by atoms with Crippen LogP contribution in [0.4, 0.5) is 0 Å². The van der Waals surface area contributed by atoms with E-state index in [-0.39, 0.29) is 5.91 Å². The van der Waals surface area contributed by atoms with Gasteiger partial charge < -0.3 is 10.6 Å². The molecule has 0 aliphatic carbocycles. The second-order valence-corrected chi connectivity index (χ2v) is 6.32. The molecule has 1 heterocycles. The van der Waals surface area contributed by atoms with E-state index < -0.39 is 5.41 Å². The summed E-state index contributed by atoms with van der Waals surface area (Å²) in [6.07, 6.45) is 3.53. The number of hydrogen-bond acceptors (Lipinski definition) is 2. The van der Waals surface area contributed by atoms with Crippen molar-refractivity contribution in [3.8, 4) is 0 Å². The second kappa shape index (κ2) is 5.85. The van der Waals surface area contributed by atoms with E-state index in [0.29, 0.717) is 6.54 Å². The fraction of sp³-hybridized carbons (Fsp3) is 0.929. The molecule has 1 amide bonds. The smallest absolute Gasteiger partial charge is 0.229 e. The van der Waals surface area contributed by atoms with Crippen LogP contribution in [0.1, 0.15) is 47.0 Å². The average Bonchev–Trinajstić information content (AvgIpc) is 2.53. The largest absolute Gasteiger partial charge is 0.342 e. The fourth-order valence-corrected chi connectivity index (χ4v) is 2.51. The number of hydrogen-bond donors (Lipinski definition) is 1. The van der Waals surface area contributed by atoms with Crippen molar-refractivity contribution < 1.29 is 4.79 Å². The van der Waals surface area contributed by atoms with Gasteiger partial charge in [0.1, 0.15) is 0 Å². The summed E-state index contributed by atoms with van der Waals surface area (Å²) in [5.41, 5.74) is 5.28. The van der Waals surface area contributed by atoms with Crippen LogP contribution in [0.15, 0.2) is 0 Å². The normalized spacial score (nSPS) is 22.7. The zero-order chi connectivity index (χ0) is 13.1. The van der Waals surface area contributed by atoms with Crippen LogP contribution in [0.2, 0.25) is 0 Å². The summed E-state index contributed by atoms with van der Waals surface area (Å²) >= 11 is 0. The van der Waals surface area contributed by atoms with Gasteiger partial charge in [-0.05, 0) is 44.9 Å². The van der Waals surface area contributed by atoms with Gasteiger partial charge in [0.05, 0.1) is 5.41 Å². The lowest BCUT2D eigenvalue weighted by Crippen LogP contribution is -2.45. The van der Waals surface area contributed by atoms with E-state index in [4.69, 9.17) is 5.73 Å². The van der Waals surface area contributed by atoms with Crippen molar-refractivity contribution >= 4 is 5.91 Å². The van der Waals surface area contributed by atoms with Gasteiger partial charge in [0.25, 0.3) is 0 Å². The molecular weight excluding hydrogens is 212 g/mol. The Kier molecular flexibility index (Phi) is 4.99. The molecule has 1 fully saturated rings. The second-order valence-electron chi connectivity index (χ2n) is 6.32. The van der Waals surface area contributed by atoms with Crippen LogP contribution in [-0.4, -0.2) is 30.4 Å². The number of amides is 1. The Morgan fingerprint density at radius 2 is 2.00 bits per heavy atom. The molecule has 1 rings (SSSR count). The fourth-order valence-electron chi connectivity index (χ4n) is 2.51. The standard InChI is InChI=1S/C14H28N2O/c1-11(2)12-6-5-8-16(9-7-12)13(17)14(3,4)10-15/h11-12H,5-10,15H2,1-4H3. The Labute approximate surface area is 106 Å². The third-order valence-corrected chi connectivity index (χ3v) is 4.09. The molecule has 2 N–H and O–H groups in total. The monoisotopic (exact) mass is 240 g/mol. The molecule has 17 heavy (non-hydrogen) atoms. The van der Waals surface area contributed by atoms with Crippen molar-refractivity contribution in [1.29, 1.82) is 0 Å². The summed E-state index contributed by atoms with van der Waals surface area (Å²) in [6.45, 7) is 10.7. The predicted molar refractivity (Wildman–Crippen MR) is 71.6 cm³/mol. The van der Waals surface area contributed by atoms with Crippen LogP contribution in [-0.2, 0) is 4.79 Å². The summed E-state index contributed by atoms with van der Waals surface area (Å²) in [4.78, 5) is 14.3. The molecule has 1 aliphatic rings. The summed E-state index contributed by atoms with van der Waals surface area (Å²) in [6, 6.07) is 0. The van der Waals surface area contributed by atoms with Crippen molar-refractivity contribution in [2.45, 2.75) is 47.0 Å². The highest BCUT2D eigenvalue weighted by molar-refractivity contribution is 5.82. The molecular formula is C14H28N2O. The molecule has 0 radical (unpaired) electrons. The zero-order valence-corrected chi connectivity index (χ0v) is 11.8. The first-order valence-corrected chi connectivity index (χ1v) is 6.88. The highest BCUT2D eigenvalue weighted by Gasteiger charge is 2.32. The Hall–Kier alpha value is -0.570. The van der Waals surface area contributed by atoms with Crippen LogP contribution < -0.4 is 5.73 Å². The first-order chi connectivity index (χ1) is 7.88. The van der Waals surface area contributed by atoms with Crippen molar-refractivity contribution in [2.24, 2.45) is 23.0 Å². The van der Waals surface area contributed by atoms with E-state index in [1.807, 2.05) is 18.7 Å². The third kappa shape index (κ3) is 3.70. The maximum absolute atomic E-state index is 12.3. The van der Waals surface area contributed by atoms with Crippen molar-refractivity contribution in [1.82, 2.24) is 4.90 Å². The quantitative estimate of drug-likeness (QED) is 0.822. The van der Waals surface area contributed by atoms with Crippen LogP contribution in [0.3, 0.4) is 0 Å². The van der Waals surface area contributed by atoms with E-state index >= 15 is 0 Å². The van der Waals surface area contributed by atoms with Crippen LogP contribution in [0, 0.1) is 17.3 Å². The van der Waals surface area contributed by atoms with Crippen molar-refractivity contribution in [3.63, 3.8) is 0 Å². The van der Waals surface area contributed by atoms with E-state index in [9.17, 15) is 4.79 Å². The van der Waals surface area contributed by atoms with Gasteiger partial charge in [0, 0.05) is 19.6 Å². The van der Waals surface area contributed by atoms with Crippen molar-refractivity contribution in [2.75, 3.05) is 19.6 Å². The van der Waals surface area contributed by atoms with Crippen LogP contribution >= 0.6 is 0 Å². The molecule has 0 aromatic rings. The minimum Gasteiger partial charge on any atom is -0.342 e. The summed E-state index contributed by atoms with van der Waals surface area (Å²) in [5, 5.41) is 0. The van der Waals surface area contributed by atoms with Gasteiger partial charge in [-0.25, -0.2) is 0 Å². The van der Waals surface area contributed by atoms with Gasteiger partial charge in [-0.1, -0.05) is 13.8 Å². The van der Waals surface area contributed by atoms with E-state index in [0.717, 1.165) is 37.8 Å². The lowest BCUT2D eigenvalue weighted by molar-refractivity contribution is -0.139. The number of nitrogens with two attached hydrogens (primary N) is 1. The Bertz CT molecular complexity index is 261. The number of nitrogens with zero attached hydrogens (tertiary/aromatic N) is 1. The molecule has 1 aliphatic heterocycles. The molecule has 3 heteroatoms. The minimum absolute atomic E-state index is 0.226. The highest BCUT2D eigenvalue weighted by Crippen LogP contribution is 2.26. The molecule has 1 unspecified atom stereocenters. The van der Waals surface area contributed by atoms with E-state index in [1.54, 1.807) is 0 Å². The molecule has 1 saturated heterocycles. The first-order valence-electron chi connectivity index (χ1n) is 6.88. The molecule has 0 bridgehead atoms. The van der Waals surface area contributed by atoms with E-state index in [2.05, 4.69) is 13.8 Å². The lowest BCUT2D eigenvalue weighted by Gasteiger charge is -2.30. The third-order valence-electron chi connectivity index (χ3n) is 4.09. The van der Waals surface area contributed by atoms with Gasteiger partial charge in [0.2, 0.25) is 5.91 Å². The van der Waals surface area contributed by atoms with Gasteiger partial charge in [-0.15, -0.1) is 0 Å². The number of likely N-dealkylation sites (tertiary alicyclic amines) is 1. The highest BCUT2D eigenvalue weighted by atomic mass is 16.2. The van der Waals surface area contributed by atoms with Gasteiger partial charge in [0.15, 0.2) is 0 Å². The molecule has 1 atom stereocenters. The first kappa shape index (κ1) is 14.5. The summed E-state index contributed by atoms with van der Waals surface area (Å²) in [5.74, 6) is 1.73. The predicted octanol–water partition coefficient (Wildman–Crippen LogP) is 2.26. The van der Waals surface area contributed by atoms with Gasteiger partial charge in [-0.2, -0.15) is 0 Å². The number of carbonyl (C=O) groups is 1. The Morgan fingerprint density at radius 1 is 1.35 bits per heavy atom. The lowest BCUT2D eigenvalue weighted by atomic mass is 9.89. The van der Waals surface area contributed by atoms with Crippen molar-refractivity contribution in [3.05, 3.63) is 0 Å². The van der Waals surface area contributed by atoms with Crippen LogP contribution in [0.5, 0.6) is 0 Å². The molecule has 0 aromatic heterocycles. The average molecular weight is 240 g/mol. The van der Waals surface area contributed by atoms with Gasteiger partial charge >= 0.3 is 0 Å². The molecule has 0 saturated carbocycles. The van der Waals surface area contributed by atoms with Gasteiger partial charge in [-0.3, -0.25) is 4.79 Å². The van der Waals surface area contributed by atoms with E-state index in [1.165, 1.54) is 6.42 Å². The number of carbonyl (C=O) groups excluding carboxylic acids is 1. The maximum Gasteiger partial charge on any atom is 0.229 e. The number of rotatable bonds is 3. The molecule has 3 nitrogen and oxygen atoms in total.